The fourth-order valence-corrected chi connectivity index (χ4v) is 4.43. The van der Waals surface area contributed by atoms with Crippen molar-refractivity contribution in [2.75, 3.05) is 11.9 Å². The second kappa shape index (κ2) is 10.5. The minimum absolute atomic E-state index is 0.185. The maximum Gasteiger partial charge on any atom is 0.306 e. The van der Waals surface area contributed by atoms with E-state index in [-0.39, 0.29) is 5.97 Å². The number of anilines is 1. The number of aliphatic hydroxyl groups excluding tert-OH is 4. The maximum atomic E-state index is 11.8. The number of hydrogen-bond acceptors (Lipinski definition) is 9. The molecule has 1 fully saturated rings. The maximum absolute atomic E-state index is 11.8. The largest absolute Gasteiger partial charge is 0.460 e. The van der Waals surface area contributed by atoms with Gasteiger partial charge in [0.1, 0.15) is 30.5 Å². The van der Waals surface area contributed by atoms with Gasteiger partial charge in [0, 0.05) is 29.8 Å². The molecule has 9 nitrogen and oxygen atoms in total. The molecular formula is C23H37N3O6. The third-order valence-corrected chi connectivity index (χ3v) is 5.88. The second-order valence-electron chi connectivity index (χ2n) is 9.60. The van der Waals surface area contributed by atoms with Crippen molar-refractivity contribution in [2.45, 2.75) is 95.9 Å². The van der Waals surface area contributed by atoms with Crippen molar-refractivity contribution in [1.29, 1.82) is 0 Å². The lowest BCUT2D eigenvalue weighted by molar-refractivity contribution is -0.158. The Bertz CT molecular complexity index is 783. The molecule has 1 aromatic rings. The van der Waals surface area contributed by atoms with E-state index in [9.17, 15) is 25.2 Å². The van der Waals surface area contributed by atoms with E-state index in [1.807, 2.05) is 32.9 Å². The molecule has 0 spiro atoms. The van der Waals surface area contributed by atoms with Crippen molar-refractivity contribution < 1.29 is 30.0 Å². The molecule has 0 radical (unpaired) electrons. The number of ether oxygens (including phenoxy) is 1. The molecule has 0 saturated carbocycles. The molecule has 0 bridgehead atoms. The monoisotopic (exact) mass is 451 g/mol. The summed E-state index contributed by atoms with van der Waals surface area (Å²) in [5.41, 5.74) is 1.48. The molecule has 0 aliphatic carbocycles. The van der Waals surface area contributed by atoms with Crippen molar-refractivity contribution in [3.8, 4) is 0 Å². The highest BCUT2D eigenvalue weighted by Crippen LogP contribution is 2.45. The number of fused-ring (bicyclic) bond motifs is 1. The molecule has 1 saturated heterocycles. The molecule has 6 N–H and O–H groups in total. The van der Waals surface area contributed by atoms with E-state index in [4.69, 9.17) is 4.74 Å². The van der Waals surface area contributed by atoms with Crippen LogP contribution in [0.15, 0.2) is 18.2 Å². The summed E-state index contributed by atoms with van der Waals surface area (Å²) in [7, 11) is 0. The summed E-state index contributed by atoms with van der Waals surface area (Å²) >= 11 is 0. The molecule has 2 heterocycles. The molecule has 9 heteroatoms. The van der Waals surface area contributed by atoms with Gasteiger partial charge in [0.2, 0.25) is 0 Å². The minimum Gasteiger partial charge on any atom is -0.460 e. The number of nitrogens with one attached hydrogen (secondary N) is 2. The van der Waals surface area contributed by atoms with E-state index in [0.29, 0.717) is 36.9 Å². The summed E-state index contributed by atoms with van der Waals surface area (Å²) in [5, 5.41) is 47.8. The molecule has 2 aliphatic heterocycles. The van der Waals surface area contributed by atoms with Gasteiger partial charge in [-0.3, -0.25) is 10.1 Å². The SMILES string of the molecule is CC(C)(C)OC(=O)CCCCCNc1cccc2c1C(O)N(C1CCC(O)NC1O)C2O. The Kier molecular flexibility index (Phi) is 8.13. The van der Waals surface area contributed by atoms with Crippen LogP contribution >= 0.6 is 0 Å². The highest BCUT2D eigenvalue weighted by atomic mass is 16.6. The van der Waals surface area contributed by atoms with Crippen LogP contribution in [0.2, 0.25) is 0 Å². The van der Waals surface area contributed by atoms with Crippen LogP contribution in [0.3, 0.4) is 0 Å². The first-order valence-electron chi connectivity index (χ1n) is 11.4. The standard InChI is InChI=1S/C23H37N3O6/c1-23(2,3)32-18(28)10-5-4-6-13-24-15-9-7-8-14-19(15)22(31)26(21(14)30)16-11-12-17(27)25-20(16)29/h7-9,16-17,20-22,24-25,27,29-31H,4-6,10-13H2,1-3H3. The average molecular weight is 452 g/mol. The molecule has 180 valence electrons. The molecular weight excluding hydrogens is 414 g/mol. The quantitative estimate of drug-likeness (QED) is 0.258. The van der Waals surface area contributed by atoms with Crippen molar-refractivity contribution in [3.05, 3.63) is 29.3 Å². The van der Waals surface area contributed by atoms with Gasteiger partial charge in [-0.2, -0.15) is 0 Å². The number of rotatable bonds is 8. The Morgan fingerprint density at radius 3 is 2.56 bits per heavy atom. The first-order valence-corrected chi connectivity index (χ1v) is 11.4. The number of piperidine rings is 1. The smallest absolute Gasteiger partial charge is 0.306 e. The van der Waals surface area contributed by atoms with Crippen LogP contribution in [-0.2, 0) is 9.53 Å². The topological polar surface area (TPSA) is 135 Å². The fourth-order valence-electron chi connectivity index (χ4n) is 4.43. The third-order valence-electron chi connectivity index (χ3n) is 5.88. The van der Waals surface area contributed by atoms with E-state index >= 15 is 0 Å². The van der Waals surface area contributed by atoms with Crippen LogP contribution in [0.1, 0.15) is 82.9 Å². The third kappa shape index (κ3) is 5.98. The van der Waals surface area contributed by atoms with Gasteiger partial charge >= 0.3 is 5.97 Å². The molecule has 5 unspecified atom stereocenters. The van der Waals surface area contributed by atoms with Gasteiger partial charge in [0.25, 0.3) is 0 Å². The lowest BCUT2D eigenvalue weighted by Gasteiger charge is -2.40. The second-order valence-corrected chi connectivity index (χ2v) is 9.60. The molecule has 0 amide bonds. The highest BCUT2D eigenvalue weighted by molar-refractivity contribution is 5.69. The molecule has 3 rings (SSSR count). The number of esters is 1. The predicted molar refractivity (Wildman–Crippen MR) is 119 cm³/mol. The zero-order valence-corrected chi connectivity index (χ0v) is 19.1. The van der Waals surface area contributed by atoms with Gasteiger partial charge in [0.05, 0.1) is 6.04 Å². The highest BCUT2D eigenvalue weighted by Gasteiger charge is 2.45. The first kappa shape index (κ1) is 24.9. The van der Waals surface area contributed by atoms with Gasteiger partial charge in [-0.05, 0) is 52.5 Å². The summed E-state index contributed by atoms with van der Waals surface area (Å²) in [4.78, 5) is 13.3. The van der Waals surface area contributed by atoms with Crippen molar-refractivity contribution >= 4 is 11.7 Å². The number of benzene rings is 1. The van der Waals surface area contributed by atoms with E-state index < -0.39 is 36.6 Å². The van der Waals surface area contributed by atoms with E-state index in [0.717, 1.165) is 24.9 Å². The Morgan fingerprint density at radius 1 is 1.12 bits per heavy atom. The lowest BCUT2D eigenvalue weighted by Crippen LogP contribution is -2.57. The minimum atomic E-state index is -1.08. The fraction of sp³-hybridized carbons (Fsp3) is 0.696. The Balaban J connectivity index is 1.53. The van der Waals surface area contributed by atoms with Gasteiger partial charge in [-0.25, -0.2) is 4.90 Å². The van der Waals surface area contributed by atoms with Gasteiger partial charge in [0.15, 0.2) is 0 Å². The summed E-state index contributed by atoms with van der Waals surface area (Å²) in [6.45, 7) is 6.23. The number of aliphatic hydroxyl groups is 4. The van der Waals surface area contributed by atoms with Crippen LogP contribution in [0.5, 0.6) is 0 Å². The number of hydrogen-bond donors (Lipinski definition) is 6. The van der Waals surface area contributed by atoms with Crippen molar-refractivity contribution in [3.63, 3.8) is 0 Å². The van der Waals surface area contributed by atoms with Crippen LogP contribution < -0.4 is 10.6 Å². The van der Waals surface area contributed by atoms with Crippen molar-refractivity contribution in [1.82, 2.24) is 10.2 Å². The molecule has 32 heavy (non-hydrogen) atoms. The Hall–Kier alpha value is -1.75. The van der Waals surface area contributed by atoms with Crippen LogP contribution in [-0.4, -0.2) is 61.9 Å². The van der Waals surface area contributed by atoms with Crippen LogP contribution in [0.25, 0.3) is 0 Å². The van der Waals surface area contributed by atoms with E-state index in [1.165, 1.54) is 4.90 Å². The Morgan fingerprint density at radius 2 is 1.88 bits per heavy atom. The van der Waals surface area contributed by atoms with E-state index in [1.54, 1.807) is 6.07 Å². The first-order chi connectivity index (χ1) is 15.1. The summed E-state index contributed by atoms with van der Waals surface area (Å²) in [5.74, 6) is -0.185. The van der Waals surface area contributed by atoms with Crippen LogP contribution in [0, 0.1) is 0 Å². The summed E-state index contributed by atoms with van der Waals surface area (Å²) < 4.78 is 5.31. The molecule has 5 atom stereocenters. The normalized spacial score (nSPS) is 28.4. The van der Waals surface area contributed by atoms with Crippen molar-refractivity contribution in [2.24, 2.45) is 0 Å². The zero-order valence-electron chi connectivity index (χ0n) is 19.1. The van der Waals surface area contributed by atoms with E-state index in [2.05, 4.69) is 10.6 Å². The average Bonchev–Trinajstić information content (AvgIpc) is 2.95. The van der Waals surface area contributed by atoms with Gasteiger partial charge < -0.3 is 30.5 Å². The van der Waals surface area contributed by atoms with Gasteiger partial charge in [-0.1, -0.05) is 18.6 Å². The predicted octanol–water partition coefficient (Wildman–Crippen LogP) is 1.69. The number of nitrogens with zero attached hydrogens (tertiary/aromatic N) is 1. The molecule has 1 aromatic carbocycles. The molecule has 0 aromatic heterocycles. The molecule has 2 aliphatic rings. The summed E-state index contributed by atoms with van der Waals surface area (Å²) in [6.07, 6.45) is -0.271. The number of unbranched alkanes of at least 4 members (excludes halogenated alkanes) is 2. The summed E-state index contributed by atoms with van der Waals surface area (Å²) in [6, 6.07) is 4.92. The number of carbonyl (C=O) groups excluding carboxylic acids is 1. The van der Waals surface area contributed by atoms with Crippen LogP contribution in [0.4, 0.5) is 5.69 Å². The zero-order chi connectivity index (χ0) is 23.5. The Labute approximate surface area is 189 Å². The lowest BCUT2D eigenvalue weighted by atomic mass is 10.0. The van der Waals surface area contributed by atoms with Gasteiger partial charge in [-0.15, -0.1) is 0 Å². The number of carbonyl (C=O) groups is 1.